The highest BCUT2D eigenvalue weighted by molar-refractivity contribution is 5.60. The maximum atomic E-state index is 14.3. The van der Waals surface area contributed by atoms with Crippen LogP contribution in [0.3, 0.4) is 0 Å². The molecule has 1 N–H and O–H groups in total. The minimum atomic E-state index is -0.481. The van der Waals surface area contributed by atoms with Crippen LogP contribution in [0.25, 0.3) is 11.3 Å². The third kappa shape index (κ3) is 4.48. The lowest BCUT2D eigenvalue weighted by molar-refractivity contribution is 0.497. The van der Waals surface area contributed by atoms with Crippen molar-refractivity contribution in [1.82, 2.24) is 19.9 Å². The Kier molecular flexibility index (Phi) is 6.09. The van der Waals surface area contributed by atoms with Gasteiger partial charge in [-0.3, -0.25) is 14.3 Å². The molecule has 5 rings (SSSR count). The van der Waals surface area contributed by atoms with Crippen molar-refractivity contribution < 1.29 is 4.39 Å². The quantitative estimate of drug-likeness (QED) is 0.662. The number of piperazine rings is 1. The molecule has 2 aliphatic rings. The second kappa shape index (κ2) is 9.31. The van der Waals surface area contributed by atoms with E-state index in [1.165, 1.54) is 23.5 Å². The van der Waals surface area contributed by atoms with E-state index in [0.717, 1.165) is 58.3 Å². The summed E-state index contributed by atoms with van der Waals surface area (Å²) in [6, 6.07) is 11.9. The van der Waals surface area contributed by atoms with Gasteiger partial charge in [0.15, 0.2) is 5.82 Å². The summed E-state index contributed by atoms with van der Waals surface area (Å²) in [5, 5.41) is 3.39. The zero-order valence-corrected chi connectivity index (χ0v) is 18.9. The van der Waals surface area contributed by atoms with Gasteiger partial charge in [0, 0.05) is 75.7 Å². The van der Waals surface area contributed by atoms with Gasteiger partial charge in [0.1, 0.15) is 0 Å². The van der Waals surface area contributed by atoms with Crippen LogP contribution >= 0.6 is 0 Å². The van der Waals surface area contributed by atoms with Crippen molar-refractivity contribution in [2.45, 2.75) is 18.8 Å². The van der Waals surface area contributed by atoms with Crippen LogP contribution in [0.5, 0.6) is 0 Å². The number of anilines is 2. The van der Waals surface area contributed by atoms with Crippen molar-refractivity contribution in [1.29, 1.82) is 0 Å². The lowest BCUT2D eigenvalue weighted by Crippen LogP contribution is -2.43. The summed E-state index contributed by atoms with van der Waals surface area (Å²) in [6.07, 6.45) is 4.76. The second-order valence-corrected chi connectivity index (χ2v) is 8.81. The van der Waals surface area contributed by atoms with Crippen LogP contribution in [0.4, 0.5) is 16.0 Å². The molecule has 0 spiro atoms. The molecule has 8 heteroatoms. The molecule has 1 aromatic carbocycles. The Morgan fingerprint density at radius 1 is 1.06 bits per heavy atom. The van der Waals surface area contributed by atoms with Gasteiger partial charge in [-0.15, -0.1) is 0 Å². The molecule has 3 aromatic rings. The molecule has 2 aliphatic heterocycles. The third-order valence-corrected chi connectivity index (χ3v) is 6.71. The summed E-state index contributed by atoms with van der Waals surface area (Å²) in [7, 11) is 1.73. The lowest BCUT2D eigenvalue weighted by atomic mass is 9.90. The average molecular weight is 449 g/mol. The first kappa shape index (κ1) is 21.6. The molecule has 0 bridgehead atoms. The Morgan fingerprint density at radius 3 is 2.61 bits per heavy atom. The molecular formula is C25H29FN6O. The van der Waals surface area contributed by atoms with E-state index in [1.54, 1.807) is 17.7 Å². The van der Waals surface area contributed by atoms with Gasteiger partial charge in [-0.05, 0) is 36.6 Å². The van der Waals surface area contributed by atoms with Crippen LogP contribution < -0.4 is 20.7 Å². The van der Waals surface area contributed by atoms with Crippen molar-refractivity contribution in [3.8, 4) is 11.3 Å². The third-order valence-electron chi connectivity index (χ3n) is 6.71. The first-order valence-corrected chi connectivity index (χ1v) is 11.6. The molecule has 1 atom stereocenters. The number of pyridine rings is 1. The molecule has 0 amide bonds. The van der Waals surface area contributed by atoms with E-state index < -0.39 is 5.82 Å². The van der Waals surface area contributed by atoms with Gasteiger partial charge in [-0.2, -0.15) is 0 Å². The SMILES string of the molecule is Cn1c(N2CCCC(c3ccc(N4CCNCC4)cc3)C2)nc(-c2ccncc2F)cc1=O. The fourth-order valence-electron chi connectivity index (χ4n) is 4.84. The summed E-state index contributed by atoms with van der Waals surface area (Å²) in [4.78, 5) is 25.7. The molecule has 4 heterocycles. The Balaban J connectivity index is 1.39. The predicted molar refractivity (Wildman–Crippen MR) is 128 cm³/mol. The fraction of sp³-hybridized carbons (Fsp3) is 0.400. The molecule has 172 valence electrons. The van der Waals surface area contributed by atoms with Gasteiger partial charge in [0.05, 0.1) is 11.9 Å². The summed E-state index contributed by atoms with van der Waals surface area (Å²) < 4.78 is 15.9. The average Bonchev–Trinajstić information content (AvgIpc) is 2.87. The highest BCUT2D eigenvalue weighted by Gasteiger charge is 2.25. The number of halogens is 1. The van der Waals surface area contributed by atoms with E-state index in [-0.39, 0.29) is 5.56 Å². The standard InChI is InChI=1S/C25H29FN6O/c1-30-24(33)15-23(21-8-9-28-16-22(21)26)29-25(30)32-12-2-3-19(17-32)18-4-6-20(7-5-18)31-13-10-27-11-14-31/h4-9,15-16,19,27H,2-3,10-14,17H2,1H3. The normalized spacial score (nSPS) is 19.0. The zero-order chi connectivity index (χ0) is 22.8. The molecule has 7 nitrogen and oxygen atoms in total. The summed E-state index contributed by atoms with van der Waals surface area (Å²) >= 11 is 0. The number of piperidine rings is 1. The molecule has 0 saturated carbocycles. The van der Waals surface area contributed by atoms with E-state index in [0.29, 0.717) is 23.1 Å². The van der Waals surface area contributed by atoms with Crippen LogP contribution in [0.1, 0.15) is 24.3 Å². The smallest absolute Gasteiger partial charge is 0.255 e. The van der Waals surface area contributed by atoms with Gasteiger partial charge < -0.3 is 15.1 Å². The number of aromatic nitrogens is 3. The van der Waals surface area contributed by atoms with Crippen LogP contribution in [0, 0.1) is 5.82 Å². The molecule has 2 saturated heterocycles. The summed E-state index contributed by atoms with van der Waals surface area (Å²) in [5.41, 5.74) is 3.01. The second-order valence-electron chi connectivity index (χ2n) is 8.81. The van der Waals surface area contributed by atoms with Gasteiger partial charge in [-0.1, -0.05) is 12.1 Å². The Labute approximate surface area is 192 Å². The topological polar surface area (TPSA) is 66.3 Å². The minimum Gasteiger partial charge on any atom is -0.369 e. The van der Waals surface area contributed by atoms with Crippen LogP contribution in [-0.2, 0) is 7.05 Å². The lowest BCUT2D eigenvalue weighted by Gasteiger charge is -2.35. The minimum absolute atomic E-state index is 0.200. The van der Waals surface area contributed by atoms with E-state index in [4.69, 9.17) is 4.98 Å². The summed E-state index contributed by atoms with van der Waals surface area (Å²) in [5.74, 6) is 0.454. The summed E-state index contributed by atoms with van der Waals surface area (Å²) in [6.45, 7) is 5.70. The van der Waals surface area contributed by atoms with Crippen molar-refractivity contribution in [3.05, 3.63) is 70.5 Å². The van der Waals surface area contributed by atoms with Crippen LogP contribution in [-0.4, -0.2) is 53.8 Å². The Morgan fingerprint density at radius 2 is 1.85 bits per heavy atom. The maximum absolute atomic E-state index is 14.3. The van der Waals surface area contributed by atoms with Gasteiger partial charge >= 0.3 is 0 Å². The van der Waals surface area contributed by atoms with Gasteiger partial charge in [0.2, 0.25) is 5.95 Å². The Hall–Kier alpha value is -3.26. The number of benzene rings is 1. The van der Waals surface area contributed by atoms with E-state index in [2.05, 4.69) is 44.4 Å². The molecule has 0 aliphatic carbocycles. The van der Waals surface area contributed by atoms with E-state index in [9.17, 15) is 9.18 Å². The van der Waals surface area contributed by atoms with Gasteiger partial charge in [-0.25, -0.2) is 9.37 Å². The molecule has 2 aromatic heterocycles. The van der Waals surface area contributed by atoms with Crippen molar-refractivity contribution in [2.24, 2.45) is 7.05 Å². The number of rotatable bonds is 4. The molecular weight excluding hydrogens is 419 g/mol. The Bertz CT molecular complexity index is 1170. The number of nitrogens with zero attached hydrogens (tertiary/aromatic N) is 5. The highest BCUT2D eigenvalue weighted by Crippen LogP contribution is 2.31. The predicted octanol–water partition coefficient (Wildman–Crippen LogP) is 2.78. The first-order valence-electron chi connectivity index (χ1n) is 11.6. The van der Waals surface area contributed by atoms with Crippen molar-refractivity contribution in [3.63, 3.8) is 0 Å². The van der Waals surface area contributed by atoms with Crippen molar-refractivity contribution >= 4 is 11.6 Å². The van der Waals surface area contributed by atoms with E-state index in [1.807, 2.05) is 0 Å². The number of hydrogen-bond donors (Lipinski definition) is 1. The largest absolute Gasteiger partial charge is 0.369 e. The van der Waals surface area contributed by atoms with Crippen LogP contribution in [0.2, 0.25) is 0 Å². The number of nitrogens with one attached hydrogen (secondary N) is 1. The molecule has 2 fully saturated rings. The van der Waals surface area contributed by atoms with E-state index >= 15 is 0 Å². The van der Waals surface area contributed by atoms with Crippen LogP contribution in [0.15, 0.2) is 53.6 Å². The van der Waals surface area contributed by atoms with Crippen molar-refractivity contribution in [2.75, 3.05) is 49.1 Å². The molecule has 33 heavy (non-hydrogen) atoms. The monoisotopic (exact) mass is 448 g/mol. The first-order chi connectivity index (χ1) is 16.1. The zero-order valence-electron chi connectivity index (χ0n) is 18.9. The maximum Gasteiger partial charge on any atom is 0.255 e. The molecule has 0 radical (unpaired) electrons. The molecule has 1 unspecified atom stereocenters. The number of hydrogen-bond acceptors (Lipinski definition) is 6. The van der Waals surface area contributed by atoms with Gasteiger partial charge in [0.25, 0.3) is 5.56 Å². The highest BCUT2D eigenvalue weighted by atomic mass is 19.1. The fourth-order valence-corrected chi connectivity index (χ4v) is 4.84.